The number of nitrogens with zero attached hydrogens (tertiary/aromatic N) is 3. The molecule has 2 amide bonds. The van der Waals surface area contributed by atoms with Crippen LogP contribution in [0, 0.1) is 0 Å². The molecule has 2 aromatic rings. The van der Waals surface area contributed by atoms with Crippen LogP contribution >= 0.6 is 12.4 Å². The Morgan fingerprint density at radius 3 is 2.74 bits per heavy atom. The van der Waals surface area contributed by atoms with Crippen molar-refractivity contribution < 1.29 is 9.59 Å². The van der Waals surface area contributed by atoms with E-state index in [-0.39, 0.29) is 36.3 Å². The molecule has 1 aliphatic rings. The molecule has 3 N–H and O–H groups in total. The van der Waals surface area contributed by atoms with E-state index in [1.807, 2.05) is 31.2 Å². The van der Waals surface area contributed by atoms with Crippen molar-refractivity contribution in [2.45, 2.75) is 38.8 Å². The summed E-state index contributed by atoms with van der Waals surface area (Å²) in [5, 5.41) is 17.1. The van der Waals surface area contributed by atoms with E-state index in [1.165, 1.54) is 6.92 Å². The number of nitrogens with one attached hydrogen (secondary N) is 3. The zero-order valence-corrected chi connectivity index (χ0v) is 16.3. The molecule has 0 spiro atoms. The number of aromatic nitrogens is 3. The first-order valence-electron chi connectivity index (χ1n) is 8.84. The van der Waals surface area contributed by atoms with Crippen LogP contribution in [0.3, 0.4) is 0 Å². The van der Waals surface area contributed by atoms with Crippen molar-refractivity contribution in [2.75, 3.05) is 18.4 Å². The van der Waals surface area contributed by atoms with E-state index >= 15 is 0 Å². The van der Waals surface area contributed by atoms with Gasteiger partial charge in [0.25, 0.3) is 5.91 Å². The summed E-state index contributed by atoms with van der Waals surface area (Å²) >= 11 is 0. The van der Waals surface area contributed by atoms with Gasteiger partial charge in [0.15, 0.2) is 5.69 Å². The van der Waals surface area contributed by atoms with Gasteiger partial charge in [0.05, 0.1) is 18.3 Å². The van der Waals surface area contributed by atoms with E-state index in [1.54, 1.807) is 10.9 Å². The third-order valence-corrected chi connectivity index (χ3v) is 4.48. The Balaban J connectivity index is 0.00000261. The summed E-state index contributed by atoms with van der Waals surface area (Å²) in [7, 11) is 0. The molecule has 0 aliphatic carbocycles. The zero-order chi connectivity index (χ0) is 18.5. The van der Waals surface area contributed by atoms with E-state index in [0.29, 0.717) is 11.4 Å². The van der Waals surface area contributed by atoms with Crippen LogP contribution in [0.15, 0.2) is 30.5 Å². The van der Waals surface area contributed by atoms with E-state index < -0.39 is 0 Å². The number of piperidine rings is 1. The molecule has 27 heavy (non-hydrogen) atoms. The third kappa shape index (κ3) is 5.51. The highest BCUT2D eigenvalue weighted by Crippen LogP contribution is 2.19. The van der Waals surface area contributed by atoms with Crippen molar-refractivity contribution in [3.05, 3.63) is 41.7 Å². The van der Waals surface area contributed by atoms with Crippen LogP contribution in [-0.4, -0.2) is 39.9 Å². The molecule has 1 aromatic heterocycles. The highest BCUT2D eigenvalue weighted by atomic mass is 35.5. The fourth-order valence-electron chi connectivity index (χ4n) is 3.07. The van der Waals surface area contributed by atoms with Crippen molar-refractivity contribution >= 4 is 29.9 Å². The van der Waals surface area contributed by atoms with Gasteiger partial charge in [0, 0.05) is 12.6 Å². The minimum Gasteiger partial charge on any atom is -0.344 e. The molecule has 1 aliphatic heterocycles. The Morgan fingerprint density at radius 1 is 1.30 bits per heavy atom. The van der Waals surface area contributed by atoms with Crippen molar-refractivity contribution in [1.29, 1.82) is 0 Å². The van der Waals surface area contributed by atoms with Crippen LogP contribution in [0.25, 0.3) is 0 Å². The molecule has 1 unspecified atom stereocenters. The lowest BCUT2D eigenvalue weighted by Gasteiger charge is -2.22. The van der Waals surface area contributed by atoms with Crippen molar-refractivity contribution in [2.24, 2.45) is 0 Å². The normalized spacial score (nSPS) is 15.5. The predicted octanol–water partition coefficient (Wildman–Crippen LogP) is 2.07. The van der Waals surface area contributed by atoms with Gasteiger partial charge in [-0.25, -0.2) is 4.68 Å². The van der Waals surface area contributed by atoms with Crippen LogP contribution in [0.5, 0.6) is 0 Å². The maximum absolute atomic E-state index is 12.5. The largest absolute Gasteiger partial charge is 0.344 e. The van der Waals surface area contributed by atoms with Gasteiger partial charge in [-0.05, 0) is 50.6 Å². The summed E-state index contributed by atoms with van der Waals surface area (Å²) < 4.78 is 1.79. The Kier molecular flexibility index (Phi) is 7.32. The molecule has 8 nitrogen and oxygen atoms in total. The summed E-state index contributed by atoms with van der Waals surface area (Å²) in [5.41, 5.74) is 1.91. The highest BCUT2D eigenvalue weighted by Gasteiger charge is 2.20. The summed E-state index contributed by atoms with van der Waals surface area (Å²) in [4.78, 5) is 23.7. The number of hydrogen-bond acceptors (Lipinski definition) is 5. The number of hydrogen-bond donors (Lipinski definition) is 3. The number of benzene rings is 1. The smallest absolute Gasteiger partial charge is 0.273 e. The Labute approximate surface area is 164 Å². The SMILES string of the molecule is CC(=O)Nc1cccc(C(C)NC(=O)c2cn(C3CCNCC3)nn2)c1.Cl. The number of anilines is 1. The first kappa shape index (κ1) is 20.9. The lowest BCUT2D eigenvalue weighted by molar-refractivity contribution is -0.114. The van der Waals surface area contributed by atoms with Gasteiger partial charge in [-0.15, -0.1) is 17.5 Å². The van der Waals surface area contributed by atoms with E-state index in [4.69, 9.17) is 0 Å². The van der Waals surface area contributed by atoms with Gasteiger partial charge >= 0.3 is 0 Å². The second-order valence-corrected chi connectivity index (χ2v) is 6.57. The van der Waals surface area contributed by atoms with Crippen LogP contribution in [-0.2, 0) is 4.79 Å². The Hall–Kier alpha value is -2.45. The fourth-order valence-corrected chi connectivity index (χ4v) is 3.07. The molecule has 3 rings (SSSR count). The van der Waals surface area contributed by atoms with E-state index in [2.05, 4.69) is 26.3 Å². The van der Waals surface area contributed by atoms with Gasteiger partial charge in [-0.1, -0.05) is 17.3 Å². The molecule has 0 bridgehead atoms. The molecule has 1 fully saturated rings. The number of halogens is 1. The zero-order valence-electron chi connectivity index (χ0n) is 15.4. The molecule has 1 aromatic carbocycles. The average molecular weight is 393 g/mol. The molecule has 0 radical (unpaired) electrons. The van der Waals surface area contributed by atoms with Crippen LogP contribution in [0.2, 0.25) is 0 Å². The first-order valence-corrected chi connectivity index (χ1v) is 8.84. The molecule has 9 heteroatoms. The summed E-state index contributed by atoms with van der Waals surface area (Å²) in [6, 6.07) is 7.47. The molecule has 1 saturated heterocycles. The maximum atomic E-state index is 12.5. The monoisotopic (exact) mass is 392 g/mol. The van der Waals surface area contributed by atoms with Crippen molar-refractivity contribution in [1.82, 2.24) is 25.6 Å². The van der Waals surface area contributed by atoms with E-state index in [0.717, 1.165) is 31.5 Å². The number of carbonyl (C=O) groups excluding carboxylic acids is 2. The lowest BCUT2D eigenvalue weighted by atomic mass is 10.1. The van der Waals surface area contributed by atoms with Gasteiger partial charge < -0.3 is 16.0 Å². The molecular weight excluding hydrogens is 368 g/mol. The van der Waals surface area contributed by atoms with Crippen LogP contribution in [0.4, 0.5) is 5.69 Å². The molecule has 2 heterocycles. The van der Waals surface area contributed by atoms with Gasteiger partial charge in [0.1, 0.15) is 0 Å². The quantitative estimate of drug-likeness (QED) is 0.723. The second-order valence-electron chi connectivity index (χ2n) is 6.57. The topological polar surface area (TPSA) is 101 Å². The molecule has 0 saturated carbocycles. The average Bonchev–Trinajstić information content (AvgIpc) is 3.12. The first-order chi connectivity index (χ1) is 12.5. The minimum atomic E-state index is -0.261. The van der Waals surface area contributed by atoms with Gasteiger partial charge in [0.2, 0.25) is 5.91 Å². The molecular formula is C18H25ClN6O2. The molecule has 146 valence electrons. The molecule has 1 atom stereocenters. The van der Waals surface area contributed by atoms with Crippen LogP contribution < -0.4 is 16.0 Å². The fraction of sp³-hybridized carbons (Fsp3) is 0.444. The van der Waals surface area contributed by atoms with Crippen molar-refractivity contribution in [3.63, 3.8) is 0 Å². The number of carbonyl (C=O) groups is 2. The lowest BCUT2D eigenvalue weighted by Crippen LogP contribution is -2.29. The van der Waals surface area contributed by atoms with Gasteiger partial charge in [-0.2, -0.15) is 0 Å². The van der Waals surface area contributed by atoms with E-state index in [9.17, 15) is 9.59 Å². The van der Waals surface area contributed by atoms with Gasteiger partial charge in [-0.3, -0.25) is 9.59 Å². The third-order valence-electron chi connectivity index (χ3n) is 4.48. The Morgan fingerprint density at radius 2 is 2.04 bits per heavy atom. The number of rotatable bonds is 5. The summed E-state index contributed by atoms with van der Waals surface area (Å²) in [6.07, 6.45) is 3.68. The standard InChI is InChI=1S/C18H24N6O2.ClH/c1-12(14-4-3-5-15(10-14)21-13(2)25)20-18(26)17-11-24(23-22-17)16-6-8-19-9-7-16;/h3-5,10-12,16,19H,6-9H2,1-2H3,(H,20,26)(H,21,25);1H. The van der Waals surface area contributed by atoms with Crippen LogP contribution in [0.1, 0.15) is 54.8 Å². The summed E-state index contributed by atoms with van der Waals surface area (Å²) in [5.74, 6) is -0.393. The predicted molar refractivity (Wildman–Crippen MR) is 105 cm³/mol. The second kappa shape index (κ2) is 9.48. The summed E-state index contributed by atoms with van der Waals surface area (Å²) in [6.45, 7) is 5.26. The minimum absolute atomic E-state index is 0. The number of amides is 2. The maximum Gasteiger partial charge on any atom is 0.273 e. The highest BCUT2D eigenvalue weighted by molar-refractivity contribution is 5.92. The van der Waals surface area contributed by atoms with Crippen molar-refractivity contribution in [3.8, 4) is 0 Å². The Bertz CT molecular complexity index is 788.